The van der Waals surface area contributed by atoms with E-state index in [-0.39, 0.29) is 16.9 Å². The van der Waals surface area contributed by atoms with E-state index < -0.39 is 0 Å². The number of aromatic nitrogens is 2. The van der Waals surface area contributed by atoms with Crippen LogP contribution >= 0.6 is 23.4 Å². The summed E-state index contributed by atoms with van der Waals surface area (Å²) in [4.78, 5) is 8.81. The molecular weight excluding hydrogens is 324 g/mol. The van der Waals surface area contributed by atoms with Gasteiger partial charge in [-0.1, -0.05) is 11.6 Å². The molecule has 0 atom stereocenters. The topological polar surface area (TPSA) is 96.3 Å². The van der Waals surface area contributed by atoms with Gasteiger partial charge in [0, 0.05) is 12.0 Å². The summed E-state index contributed by atoms with van der Waals surface area (Å²) in [5.74, 6) is 1.78. The van der Waals surface area contributed by atoms with E-state index in [1.54, 1.807) is 26.0 Å². The van der Waals surface area contributed by atoms with Gasteiger partial charge in [-0.15, -0.1) is 11.8 Å². The predicted octanol–water partition coefficient (Wildman–Crippen LogP) is 2.62. The van der Waals surface area contributed by atoms with Crippen LogP contribution in [-0.4, -0.2) is 30.4 Å². The van der Waals surface area contributed by atoms with Crippen molar-refractivity contribution in [1.29, 1.82) is 0 Å². The Labute approximate surface area is 138 Å². The highest BCUT2D eigenvalue weighted by Gasteiger charge is 2.15. The normalized spacial score (nSPS) is 10.5. The minimum atomic E-state index is 0.0548. The van der Waals surface area contributed by atoms with E-state index in [0.29, 0.717) is 12.0 Å². The Bertz CT molecular complexity index is 649. The van der Waals surface area contributed by atoms with Crippen molar-refractivity contribution in [2.24, 2.45) is 0 Å². The molecule has 22 heavy (non-hydrogen) atoms. The van der Waals surface area contributed by atoms with Crippen LogP contribution in [0.5, 0.6) is 11.5 Å². The number of nitrogens with two attached hydrogens (primary N) is 2. The van der Waals surface area contributed by atoms with Gasteiger partial charge in [0.2, 0.25) is 5.95 Å². The van der Waals surface area contributed by atoms with Crippen LogP contribution in [0.1, 0.15) is 11.1 Å². The van der Waals surface area contributed by atoms with E-state index in [9.17, 15) is 0 Å². The van der Waals surface area contributed by atoms with Gasteiger partial charge >= 0.3 is 0 Å². The van der Waals surface area contributed by atoms with Crippen LogP contribution in [0.15, 0.2) is 17.0 Å². The first kappa shape index (κ1) is 16.5. The molecule has 0 aliphatic rings. The van der Waals surface area contributed by atoms with Crippen LogP contribution in [0.3, 0.4) is 0 Å². The third kappa shape index (κ3) is 3.31. The van der Waals surface area contributed by atoms with Gasteiger partial charge in [-0.3, -0.25) is 0 Å². The summed E-state index contributed by atoms with van der Waals surface area (Å²) in [6.07, 6.45) is 2.41. The van der Waals surface area contributed by atoms with Crippen molar-refractivity contribution in [1.82, 2.24) is 9.97 Å². The predicted molar refractivity (Wildman–Crippen MR) is 90.0 cm³/mol. The molecule has 0 radical (unpaired) electrons. The Morgan fingerprint density at radius 1 is 1.14 bits per heavy atom. The van der Waals surface area contributed by atoms with Crippen LogP contribution in [0.2, 0.25) is 5.15 Å². The minimum Gasteiger partial charge on any atom is -0.495 e. The van der Waals surface area contributed by atoms with Gasteiger partial charge in [-0.05, 0) is 24.0 Å². The number of hydrogen-bond acceptors (Lipinski definition) is 7. The molecule has 0 aliphatic carbocycles. The molecule has 0 bridgehead atoms. The third-order valence-corrected chi connectivity index (χ3v) is 4.23. The Morgan fingerprint density at radius 3 is 2.18 bits per heavy atom. The summed E-state index contributed by atoms with van der Waals surface area (Å²) in [6.45, 7) is 0. The fourth-order valence-corrected chi connectivity index (χ4v) is 3.03. The quantitative estimate of drug-likeness (QED) is 0.638. The highest BCUT2D eigenvalue weighted by atomic mass is 35.5. The van der Waals surface area contributed by atoms with Crippen molar-refractivity contribution in [2.45, 2.75) is 11.3 Å². The zero-order chi connectivity index (χ0) is 16.3. The van der Waals surface area contributed by atoms with Crippen molar-refractivity contribution in [3.63, 3.8) is 0 Å². The van der Waals surface area contributed by atoms with Gasteiger partial charge < -0.3 is 20.9 Å². The highest BCUT2D eigenvalue weighted by Crippen LogP contribution is 2.38. The number of anilines is 2. The Balaban J connectivity index is 2.46. The lowest BCUT2D eigenvalue weighted by Crippen LogP contribution is -2.06. The molecule has 0 saturated heterocycles. The number of nitrogen functional groups attached to an aromatic ring is 2. The molecule has 0 saturated carbocycles. The number of methoxy groups -OCH3 is 2. The van der Waals surface area contributed by atoms with E-state index in [1.165, 1.54) is 0 Å². The molecule has 1 aromatic carbocycles. The number of benzene rings is 1. The molecular formula is C14H17ClN4O2S. The maximum absolute atomic E-state index is 6.11. The summed E-state index contributed by atoms with van der Waals surface area (Å²) in [5.41, 5.74) is 13.0. The molecule has 0 fully saturated rings. The van der Waals surface area contributed by atoms with E-state index in [4.69, 9.17) is 32.5 Å². The molecule has 118 valence electrons. The average Bonchev–Trinajstić information content (AvgIpc) is 2.49. The minimum absolute atomic E-state index is 0.0548. The van der Waals surface area contributed by atoms with E-state index in [1.807, 2.05) is 18.4 Å². The molecule has 0 amide bonds. The summed E-state index contributed by atoms with van der Waals surface area (Å²) in [6, 6.07) is 3.83. The molecule has 4 N–H and O–H groups in total. The lowest BCUT2D eigenvalue weighted by atomic mass is 10.1. The number of hydrogen-bond donors (Lipinski definition) is 2. The standard InChI is InChI=1S/C14H17ClN4O2S/c1-20-9-5-7(6-10(21-2)11(9)22-3)4-8-12(15)18-14(17)19-13(8)16/h5-6H,4H2,1-3H3,(H4,16,17,18,19). The smallest absolute Gasteiger partial charge is 0.223 e. The highest BCUT2D eigenvalue weighted by molar-refractivity contribution is 7.98. The molecule has 0 spiro atoms. The van der Waals surface area contributed by atoms with Crippen molar-refractivity contribution in [3.8, 4) is 11.5 Å². The Kier molecular flexibility index (Phi) is 5.20. The SMILES string of the molecule is COc1cc(Cc2c(N)nc(N)nc2Cl)cc(OC)c1SC. The second-order valence-corrected chi connectivity index (χ2v) is 5.62. The second kappa shape index (κ2) is 6.93. The van der Waals surface area contributed by atoms with Crippen molar-refractivity contribution >= 4 is 35.1 Å². The molecule has 0 unspecified atom stereocenters. The number of halogens is 1. The number of thioether (sulfide) groups is 1. The first-order valence-electron chi connectivity index (χ1n) is 6.36. The largest absolute Gasteiger partial charge is 0.495 e. The second-order valence-electron chi connectivity index (χ2n) is 4.45. The summed E-state index contributed by atoms with van der Waals surface area (Å²) in [7, 11) is 3.23. The third-order valence-electron chi connectivity index (χ3n) is 3.11. The van der Waals surface area contributed by atoms with Gasteiger partial charge in [-0.2, -0.15) is 4.98 Å². The van der Waals surface area contributed by atoms with Gasteiger partial charge in [0.15, 0.2) is 0 Å². The molecule has 0 aliphatic heterocycles. The summed E-state index contributed by atoms with van der Waals surface area (Å²) >= 11 is 7.67. The van der Waals surface area contributed by atoms with Crippen molar-refractivity contribution in [3.05, 3.63) is 28.4 Å². The molecule has 2 aromatic rings. The molecule has 2 rings (SSSR count). The first-order valence-corrected chi connectivity index (χ1v) is 7.96. The molecule has 1 aromatic heterocycles. The van der Waals surface area contributed by atoms with E-state index >= 15 is 0 Å². The fourth-order valence-electron chi connectivity index (χ4n) is 2.09. The van der Waals surface area contributed by atoms with Gasteiger partial charge in [0.1, 0.15) is 22.5 Å². The maximum Gasteiger partial charge on any atom is 0.223 e. The molecule has 8 heteroatoms. The van der Waals surface area contributed by atoms with Gasteiger partial charge in [-0.25, -0.2) is 4.98 Å². The zero-order valence-corrected chi connectivity index (χ0v) is 14.1. The lowest BCUT2D eigenvalue weighted by molar-refractivity contribution is 0.376. The monoisotopic (exact) mass is 340 g/mol. The first-order chi connectivity index (χ1) is 10.5. The lowest BCUT2D eigenvalue weighted by Gasteiger charge is -2.14. The van der Waals surface area contributed by atoms with Crippen LogP contribution in [0.25, 0.3) is 0 Å². The van der Waals surface area contributed by atoms with Gasteiger partial charge in [0.05, 0.1) is 19.1 Å². The molecule has 1 heterocycles. The Hall–Kier alpha value is -1.86. The number of nitrogens with zero attached hydrogens (tertiary/aromatic N) is 2. The van der Waals surface area contributed by atoms with E-state index in [2.05, 4.69) is 9.97 Å². The van der Waals surface area contributed by atoms with Crippen molar-refractivity contribution in [2.75, 3.05) is 31.9 Å². The number of rotatable bonds is 5. The number of ether oxygens (including phenoxy) is 2. The zero-order valence-electron chi connectivity index (χ0n) is 12.5. The Morgan fingerprint density at radius 2 is 1.73 bits per heavy atom. The van der Waals surface area contributed by atoms with Crippen LogP contribution in [0, 0.1) is 0 Å². The van der Waals surface area contributed by atoms with Crippen molar-refractivity contribution < 1.29 is 9.47 Å². The summed E-state index contributed by atoms with van der Waals surface area (Å²) in [5, 5.41) is 0.247. The van der Waals surface area contributed by atoms with Crippen LogP contribution in [0.4, 0.5) is 11.8 Å². The maximum atomic E-state index is 6.11. The van der Waals surface area contributed by atoms with E-state index in [0.717, 1.165) is 22.0 Å². The summed E-state index contributed by atoms with van der Waals surface area (Å²) < 4.78 is 10.8. The van der Waals surface area contributed by atoms with Crippen LogP contribution < -0.4 is 20.9 Å². The van der Waals surface area contributed by atoms with Crippen LogP contribution in [-0.2, 0) is 6.42 Å². The average molecular weight is 341 g/mol. The van der Waals surface area contributed by atoms with Gasteiger partial charge in [0.25, 0.3) is 0 Å². The molecule has 6 nitrogen and oxygen atoms in total. The fraction of sp³-hybridized carbons (Fsp3) is 0.286.